The molecule has 0 spiro atoms. The first kappa shape index (κ1) is 12.5. The fourth-order valence-corrected chi connectivity index (χ4v) is 2.32. The van der Waals surface area contributed by atoms with Gasteiger partial charge in [-0.05, 0) is 13.0 Å². The average molecular weight is 262 g/mol. The van der Waals surface area contributed by atoms with Gasteiger partial charge in [-0.15, -0.1) is 11.3 Å². The molecular weight excluding hydrogens is 248 g/mol. The van der Waals surface area contributed by atoms with Crippen molar-refractivity contribution in [3.8, 4) is 0 Å². The number of hydrogen-bond donors (Lipinski definition) is 1. The summed E-state index contributed by atoms with van der Waals surface area (Å²) in [5.41, 5.74) is 7.50. The summed E-state index contributed by atoms with van der Waals surface area (Å²) in [6.45, 7) is 2.60. The van der Waals surface area contributed by atoms with Crippen LogP contribution in [-0.2, 0) is 6.54 Å². The van der Waals surface area contributed by atoms with Crippen molar-refractivity contribution in [2.75, 3.05) is 11.9 Å². The first-order valence-electron chi connectivity index (χ1n) is 5.44. The van der Waals surface area contributed by atoms with Gasteiger partial charge in [0.25, 0.3) is 5.91 Å². The molecule has 2 aromatic heterocycles. The van der Waals surface area contributed by atoms with Gasteiger partial charge >= 0.3 is 0 Å². The van der Waals surface area contributed by atoms with Crippen molar-refractivity contribution in [1.29, 1.82) is 0 Å². The minimum atomic E-state index is -0.473. The van der Waals surface area contributed by atoms with Gasteiger partial charge < -0.3 is 10.6 Å². The molecule has 0 unspecified atom stereocenters. The molecule has 6 heteroatoms. The monoisotopic (exact) mass is 262 g/mol. The predicted octanol–water partition coefficient (Wildman–Crippen LogP) is 1.58. The predicted molar refractivity (Wildman–Crippen MR) is 71.7 cm³/mol. The summed E-state index contributed by atoms with van der Waals surface area (Å²) < 4.78 is 0. The van der Waals surface area contributed by atoms with Crippen LogP contribution in [0.2, 0.25) is 0 Å². The second-order valence-electron chi connectivity index (χ2n) is 3.97. The van der Waals surface area contributed by atoms with E-state index < -0.39 is 5.91 Å². The maximum absolute atomic E-state index is 11.3. The zero-order chi connectivity index (χ0) is 13.1. The van der Waals surface area contributed by atoms with Crippen molar-refractivity contribution in [3.05, 3.63) is 40.1 Å². The van der Waals surface area contributed by atoms with Crippen molar-refractivity contribution in [3.63, 3.8) is 0 Å². The second kappa shape index (κ2) is 5.14. The maximum atomic E-state index is 11.3. The van der Waals surface area contributed by atoms with Gasteiger partial charge in [0.2, 0.25) is 0 Å². The van der Waals surface area contributed by atoms with Crippen LogP contribution in [0.1, 0.15) is 21.1 Å². The van der Waals surface area contributed by atoms with E-state index >= 15 is 0 Å². The van der Waals surface area contributed by atoms with Crippen LogP contribution in [0.25, 0.3) is 0 Å². The molecule has 2 rings (SSSR count). The number of carbonyl (C=O) groups is 1. The van der Waals surface area contributed by atoms with Crippen molar-refractivity contribution in [1.82, 2.24) is 9.97 Å². The van der Waals surface area contributed by atoms with Crippen LogP contribution in [0.3, 0.4) is 0 Å². The summed E-state index contributed by atoms with van der Waals surface area (Å²) >= 11 is 1.61. The maximum Gasteiger partial charge on any atom is 0.252 e. The van der Waals surface area contributed by atoms with Crippen molar-refractivity contribution < 1.29 is 4.79 Å². The first-order chi connectivity index (χ1) is 8.58. The van der Waals surface area contributed by atoms with Gasteiger partial charge in [0.15, 0.2) is 0 Å². The molecule has 0 atom stereocenters. The number of aromatic nitrogens is 2. The number of anilines is 1. The molecule has 0 aliphatic carbocycles. The summed E-state index contributed by atoms with van der Waals surface area (Å²) in [4.78, 5) is 21.6. The van der Waals surface area contributed by atoms with E-state index in [-0.39, 0.29) is 0 Å². The number of primary amides is 1. The van der Waals surface area contributed by atoms with Crippen LogP contribution in [-0.4, -0.2) is 22.9 Å². The molecule has 2 heterocycles. The highest BCUT2D eigenvalue weighted by Crippen LogP contribution is 2.20. The van der Waals surface area contributed by atoms with Gasteiger partial charge in [-0.25, -0.2) is 4.98 Å². The normalized spacial score (nSPS) is 10.3. The highest BCUT2D eigenvalue weighted by Gasteiger charge is 2.12. The Bertz CT molecular complexity index is 567. The van der Waals surface area contributed by atoms with Crippen LogP contribution < -0.4 is 10.6 Å². The lowest BCUT2D eigenvalue weighted by Gasteiger charge is -2.20. The molecular formula is C12H14N4OS. The number of amides is 1. The number of carbonyl (C=O) groups excluding carboxylic acids is 1. The fraction of sp³-hybridized carbons (Fsp3) is 0.250. The third kappa shape index (κ3) is 2.65. The summed E-state index contributed by atoms with van der Waals surface area (Å²) in [7, 11) is 1.90. The third-order valence-electron chi connectivity index (χ3n) is 2.54. The van der Waals surface area contributed by atoms with E-state index in [1.54, 1.807) is 23.6 Å². The number of nitrogens with two attached hydrogens (primary N) is 1. The zero-order valence-electron chi connectivity index (χ0n) is 10.3. The fourth-order valence-electron chi connectivity index (χ4n) is 1.72. The van der Waals surface area contributed by atoms with E-state index in [2.05, 4.69) is 9.97 Å². The number of thiazole rings is 1. The Morgan fingerprint density at radius 1 is 1.56 bits per heavy atom. The standard InChI is InChI=1S/C12H14N4OS/c1-8-15-9(7-18-8)6-16(2)11-3-4-14-5-10(11)12(13)17/h3-5,7H,6H2,1-2H3,(H2,13,17). The van der Waals surface area contributed by atoms with Crippen molar-refractivity contribution in [2.45, 2.75) is 13.5 Å². The first-order valence-corrected chi connectivity index (χ1v) is 6.32. The quantitative estimate of drug-likeness (QED) is 0.908. The van der Waals surface area contributed by atoms with Crippen molar-refractivity contribution in [2.24, 2.45) is 5.73 Å². The number of hydrogen-bond acceptors (Lipinski definition) is 5. The van der Waals surface area contributed by atoms with Gasteiger partial charge in [-0.1, -0.05) is 0 Å². The summed E-state index contributed by atoms with van der Waals surface area (Å²) in [5, 5.41) is 3.04. The van der Waals surface area contributed by atoms with Crippen LogP contribution in [0.4, 0.5) is 5.69 Å². The Kier molecular flexibility index (Phi) is 3.57. The number of nitrogens with zero attached hydrogens (tertiary/aromatic N) is 3. The molecule has 0 saturated heterocycles. The van der Waals surface area contributed by atoms with Crippen LogP contribution >= 0.6 is 11.3 Å². The highest BCUT2D eigenvalue weighted by molar-refractivity contribution is 7.09. The highest BCUT2D eigenvalue weighted by atomic mass is 32.1. The second-order valence-corrected chi connectivity index (χ2v) is 5.03. The summed E-state index contributed by atoms with van der Waals surface area (Å²) in [5.74, 6) is -0.473. The van der Waals surface area contributed by atoms with Gasteiger partial charge in [0.1, 0.15) is 0 Å². The van der Waals surface area contributed by atoms with E-state index in [9.17, 15) is 4.79 Å². The van der Waals surface area contributed by atoms with Gasteiger partial charge in [0, 0.05) is 24.8 Å². The van der Waals surface area contributed by atoms with E-state index in [1.165, 1.54) is 6.20 Å². The molecule has 0 radical (unpaired) electrons. The van der Waals surface area contributed by atoms with E-state index in [0.29, 0.717) is 12.1 Å². The Balaban J connectivity index is 2.23. The van der Waals surface area contributed by atoms with Crippen LogP contribution in [0, 0.1) is 6.92 Å². The Morgan fingerprint density at radius 3 is 2.94 bits per heavy atom. The Labute approximate surface area is 109 Å². The minimum absolute atomic E-state index is 0.423. The number of aryl methyl sites for hydroxylation is 1. The molecule has 2 N–H and O–H groups in total. The van der Waals surface area contributed by atoms with E-state index in [4.69, 9.17) is 5.73 Å². The molecule has 18 heavy (non-hydrogen) atoms. The Hall–Kier alpha value is -1.95. The van der Waals surface area contributed by atoms with Crippen molar-refractivity contribution >= 4 is 22.9 Å². The zero-order valence-corrected chi connectivity index (χ0v) is 11.1. The van der Waals surface area contributed by atoms with E-state index in [1.807, 2.05) is 24.3 Å². The summed E-state index contributed by atoms with van der Waals surface area (Å²) in [6, 6.07) is 1.78. The molecule has 0 aliphatic rings. The molecule has 0 bridgehead atoms. The van der Waals surface area contributed by atoms with Crippen LogP contribution in [0.15, 0.2) is 23.8 Å². The van der Waals surface area contributed by atoms with Gasteiger partial charge in [-0.3, -0.25) is 9.78 Å². The molecule has 0 aliphatic heterocycles. The SMILES string of the molecule is Cc1nc(CN(C)c2ccncc2C(N)=O)cs1. The molecule has 1 amide bonds. The molecule has 0 saturated carbocycles. The molecule has 94 valence electrons. The molecule has 2 aromatic rings. The summed E-state index contributed by atoms with van der Waals surface area (Å²) in [6.07, 6.45) is 3.13. The van der Waals surface area contributed by atoms with Gasteiger partial charge in [-0.2, -0.15) is 0 Å². The average Bonchev–Trinajstić information content (AvgIpc) is 2.74. The molecule has 0 fully saturated rings. The lowest BCUT2D eigenvalue weighted by Crippen LogP contribution is -2.22. The van der Waals surface area contributed by atoms with Gasteiger partial charge in [0.05, 0.1) is 28.5 Å². The van der Waals surface area contributed by atoms with E-state index in [0.717, 1.165) is 16.4 Å². The largest absolute Gasteiger partial charge is 0.368 e. The molecule has 0 aromatic carbocycles. The Morgan fingerprint density at radius 2 is 2.33 bits per heavy atom. The number of pyridine rings is 1. The number of rotatable bonds is 4. The minimum Gasteiger partial charge on any atom is -0.368 e. The molecule has 5 nitrogen and oxygen atoms in total. The third-order valence-corrected chi connectivity index (χ3v) is 3.36. The van der Waals surface area contributed by atoms with Crippen LogP contribution in [0.5, 0.6) is 0 Å². The smallest absolute Gasteiger partial charge is 0.252 e. The lowest BCUT2D eigenvalue weighted by molar-refractivity contribution is 0.100. The topological polar surface area (TPSA) is 72.1 Å². The lowest BCUT2D eigenvalue weighted by atomic mass is 10.2.